The summed E-state index contributed by atoms with van der Waals surface area (Å²) < 4.78 is 11.7. The van der Waals surface area contributed by atoms with Gasteiger partial charge in [-0.2, -0.15) is 0 Å². The molecule has 3 nitrogen and oxygen atoms in total. The van der Waals surface area contributed by atoms with E-state index in [0.717, 1.165) is 23.5 Å². The van der Waals surface area contributed by atoms with E-state index in [1.165, 1.54) is 11.1 Å². The van der Waals surface area contributed by atoms with Gasteiger partial charge < -0.3 is 14.6 Å². The highest BCUT2D eigenvalue weighted by Crippen LogP contribution is 2.29. The van der Waals surface area contributed by atoms with Crippen LogP contribution >= 0.6 is 0 Å². The molecule has 0 saturated heterocycles. The van der Waals surface area contributed by atoms with Gasteiger partial charge in [0.1, 0.15) is 24.2 Å². The highest BCUT2D eigenvalue weighted by atomic mass is 16.5. The number of rotatable bonds is 4. The molecule has 2 atom stereocenters. The van der Waals surface area contributed by atoms with Crippen molar-refractivity contribution in [2.45, 2.75) is 32.5 Å². The second-order valence-corrected chi connectivity index (χ2v) is 5.61. The number of hydrogen-bond acceptors (Lipinski definition) is 3. The van der Waals surface area contributed by atoms with Crippen molar-refractivity contribution in [1.82, 2.24) is 0 Å². The van der Waals surface area contributed by atoms with E-state index in [9.17, 15) is 5.11 Å². The molecule has 1 heterocycles. The first kappa shape index (κ1) is 14.0. The van der Waals surface area contributed by atoms with Gasteiger partial charge in [-0.25, -0.2) is 0 Å². The minimum Gasteiger partial charge on any atom is -0.490 e. The Kier molecular flexibility index (Phi) is 3.84. The molecule has 1 aliphatic heterocycles. The Balaban J connectivity index is 1.57. The molecule has 0 amide bonds. The molecule has 3 heteroatoms. The van der Waals surface area contributed by atoms with Crippen LogP contribution in [-0.2, 0) is 6.42 Å². The number of benzene rings is 2. The van der Waals surface area contributed by atoms with Crippen molar-refractivity contribution in [2.75, 3.05) is 6.61 Å². The van der Waals surface area contributed by atoms with Crippen LogP contribution in [0.1, 0.15) is 29.7 Å². The predicted octanol–water partition coefficient (Wildman–Crippen LogP) is 3.43. The maximum Gasteiger partial charge on any atom is 0.137 e. The van der Waals surface area contributed by atoms with Crippen LogP contribution in [0.2, 0.25) is 0 Å². The number of aliphatic hydroxyl groups excluding tert-OH is 1. The molecular weight excluding hydrogens is 264 g/mol. The topological polar surface area (TPSA) is 38.7 Å². The average Bonchev–Trinajstić information content (AvgIpc) is 2.87. The molecule has 3 rings (SSSR count). The molecule has 0 fully saturated rings. The van der Waals surface area contributed by atoms with Crippen LogP contribution in [0, 0.1) is 6.92 Å². The molecule has 21 heavy (non-hydrogen) atoms. The SMILES string of the molecule is Cc1ccc2c(c1)CC(COc1ccc([C@@H](C)O)cc1)O2. The molecule has 0 spiro atoms. The molecule has 0 aromatic heterocycles. The van der Waals surface area contributed by atoms with Crippen molar-refractivity contribution >= 4 is 0 Å². The van der Waals surface area contributed by atoms with Crippen molar-refractivity contribution in [3.8, 4) is 11.5 Å². The number of aryl methyl sites for hydroxylation is 1. The number of fused-ring (bicyclic) bond motifs is 1. The van der Waals surface area contributed by atoms with Gasteiger partial charge in [0.2, 0.25) is 0 Å². The zero-order valence-electron chi connectivity index (χ0n) is 12.4. The first-order valence-corrected chi connectivity index (χ1v) is 7.29. The maximum absolute atomic E-state index is 9.48. The third-order valence-corrected chi connectivity index (χ3v) is 3.76. The van der Waals surface area contributed by atoms with Gasteiger partial charge in [0.25, 0.3) is 0 Å². The molecule has 0 saturated carbocycles. The normalized spacial score (nSPS) is 18.0. The highest BCUT2D eigenvalue weighted by molar-refractivity contribution is 5.40. The first-order valence-electron chi connectivity index (χ1n) is 7.29. The molecule has 0 aliphatic carbocycles. The number of ether oxygens (including phenoxy) is 2. The molecule has 0 radical (unpaired) electrons. The summed E-state index contributed by atoms with van der Waals surface area (Å²) in [5.41, 5.74) is 3.41. The lowest BCUT2D eigenvalue weighted by Crippen LogP contribution is -2.22. The van der Waals surface area contributed by atoms with Crippen LogP contribution in [0.5, 0.6) is 11.5 Å². The smallest absolute Gasteiger partial charge is 0.137 e. The summed E-state index contributed by atoms with van der Waals surface area (Å²) in [6.07, 6.45) is 0.510. The molecule has 110 valence electrons. The fraction of sp³-hybridized carbons (Fsp3) is 0.333. The Morgan fingerprint density at radius 2 is 2.00 bits per heavy atom. The van der Waals surface area contributed by atoms with Crippen molar-refractivity contribution in [2.24, 2.45) is 0 Å². The third-order valence-electron chi connectivity index (χ3n) is 3.76. The average molecular weight is 284 g/mol. The lowest BCUT2D eigenvalue weighted by Gasteiger charge is -2.13. The van der Waals surface area contributed by atoms with Crippen LogP contribution < -0.4 is 9.47 Å². The minimum atomic E-state index is -0.449. The summed E-state index contributed by atoms with van der Waals surface area (Å²) in [4.78, 5) is 0. The van der Waals surface area contributed by atoms with Gasteiger partial charge in [-0.15, -0.1) is 0 Å². The summed E-state index contributed by atoms with van der Waals surface area (Å²) in [7, 11) is 0. The predicted molar refractivity (Wildman–Crippen MR) is 81.9 cm³/mol. The molecule has 2 aromatic carbocycles. The van der Waals surface area contributed by atoms with Crippen molar-refractivity contribution in [3.05, 3.63) is 59.2 Å². The van der Waals surface area contributed by atoms with Gasteiger partial charge in [0.15, 0.2) is 0 Å². The molecule has 1 N–H and O–H groups in total. The molecule has 0 bridgehead atoms. The monoisotopic (exact) mass is 284 g/mol. The summed E-state index contributed by atoms with van der Waals surface area (Å²) >= 11 is 0. The van der Waals surface area contributed by atoms with E-state index in [4.69, 9.17) is 9.47 Å². The maximum atomic E-state index is 9.48. The largest absolute Gasteiger partial charge is 0.490 e. The van der Waals surface area contributed by atoms with Gasteiger partial charge >= 0.3 is 0 Å². The van der Waals surface area contributed by atoms with Crippen molar-refractivity contribution < 1.29 is 14.6 Å². The van der Waals surface area contributed by atoms with Gasteiger partial charge in [0, 0.05) is 6.42 Å². The fourth-order valence-corrected chi connectivity index (χ4v) is 2.57. The standard InChI is InChI=1S/C18H20O3/c1-12-3-8-18-15(9-12)10-17(21-18)11-20-16-6-4-14(5-7-16)13(2)19/h3-9,13,17,19H,10-11H2,1-2H3/t13-,17?/m1/s1. The molecular formula is C18H20O3. The molecule has 2 aromatic rings. The van der Waals surface area contributed by atoms with E-state index >= 15 is 0 Å². The van der Waals surface area contributed by atoms with Crippen LogP contribution in [0.25, 0.3) is 0 Å². The van der Waals surface area contributed by atoms with E-state index < -0.39 is 6.10 Å². The van der Waals surface area contributed by atoms with Gasteiger partial charge in [-0.1, -0.05) is 29.8 Å². The van der Waals surface area contributed by atoms with Crippen LogP contribution in [0.3, 0.4) is 0 Å². The summed E-state index contributed by atoms with van der Waals surface area (Å²) in [6, 6.07) is 13.8. The Hall–Kier alpha value is -2.00. The van der Waals surface area contributed by atoms with Gasteiger partial charge in [-0.05, 0) is 43.2 Å². The van der Waals surface area contributed by atoms with Gasteiger partial charge in [0.05, 0.1) is 6.10 Å². The highest BCUT2D eigenvalue weighted by Gasteiger charge is 2.23. The lowest BCUT2D eigenvalue weighted by atomic mass is 10.1. The Bertz CT molecular complexity index is 617. The first-order chi connectivity index (χ1) is 10.1. The van der Waals surface area contributed by atoms with E-state index in [-0.39, 0.29) is 6.10 Å². The zero-order chi connectivity index (χ0) is 14.8. The summed E-state index contributed by atoms with van der Waals surface area (Å²) in [5.74, 6) is 1.77. The van der Waals surface area contributed by atoms with Crippen LogP contribution in [-0.4, -0.2) is 17.8 Å². The summed E-state index contributed by atoms with van der Waals surface area (Å²) in [6.45, 7) is 4.37. The second kappa shape index (κ2) is 5.78. The Morgan fingerprint density at radius 3 is 2.71 bits per heavy atom. The Labute approximate surface area is 125 Å². The van der Waals surface area contributed by atoms with Crippen molar-refractivity contribution in [3.63, 3.8) is 0 Å². The zero-order valence-corrected chi connectivity index (χ0v) is 12.4. The van der Waals surface area contributed by atoms with Crippen LogP contribution in [0.4, 0.5) is 0 Å². The van der Waals surface area contributed by atoms with Crippen LogP contribution in [0.15, 0.2) is 42.5 Å². The molecule has 1 unspecified atom stereocenters. The molecule has 1 aliphatic rings. The van der Waals surface area contributed by atoms with E-state index in [1.807, 2.05) is 30.3 Å². The quantitative estimate of drug-likeness (QED) is 0.935. The number of hydrogen-bond donors (Lipinski definition) is 1. The second-order valence-electron chi connectivity index (χ2n) is 5.61. The van der Waals surface area contributed by atoms with E-state index in [2.05, 4.69) is 19.1 Å². The summed E-state index contributed by atoms with van der Waals surface area (Å²) in [5, 5.41) is 9.48. The van der Waals surface area contributed by atoms with Gasteiger partial charge in [-0.3, -0.25) is 0 Å². The lowest BCUT2D eigenvalue weighted by molar-refractivity contribution is 0.148. The van der Waals surface area contributed by atoms with E-state index in [1.54, 1.807) is 6.92 Å². The third kappa shape index (κ3) is 3.19. The Morgan fingerprint density at radius 1 is 1.24 bits per heavy atom. The number of aliphatic hydroxyl groups is 1. The minimum absolute atomic E-state index is 0.0678. The van der Waals surface area contributed by atoms with Crippen molar-refractivity contribution in [1.29, 1.82) is 0 Å². The fourth-order valence-electron chi connectivity index (χ4n) is 2.57. The van der Waals surface area contributed by atoms with E-state index in [0.29, 0.717) is 6.61 Å².